The number of rotatable bonds is 3. The second-order valence-corrected chi connectivity index (χ2v) is 5.02. The third-order valence-electron chi connectivity index (χ3n) is 3.21. The Kier molecular flexibility index (Phi) is 3.71. The molecule has 0 aliphatic rings. The Morgan fingerprint density at radius 1 is 1.10 bits per heavy atom. The summed E-state index contributed by atoms with van der Waals surface area (Å²) >= 11 is 5.86. The second kappa shape index (κ2) is 5.66. The van der Waals surface area contributed by atoms with Gasteiger partial charge in [-0.15, -0.1) is 0 Å². The maximum absolute atomic E-state index is 13.7. The highest BCUT2D eigenvalue weighted by Gasteiger charge is 2.10. The quantitative estimate of drug-likeness (QED) is 0.753. The van der Waals surface area contributed by atoms with E-state index in [1.165, 1.54) is 0 Å². The van der Waals surface area contributed by atoms with Gasteiger partial charge in [0.15, 0.2) is 5.82 Å². The molecule has 106 valence electrons. The minimum Gasteiger partial charge on any atom is -0.377 e. The van der Waals surface area contributed by atoms with Crippen LogP contribution in [0, 0.1) is 11.6 Å². The molecular formula is C16H11ClF2N2. The van der Waals surface area contributed by atoms with Gasteiger partial charge in [-0.25, -0.2) is 8.78 Å². The van der Waals surface area contributed by atoms with Crippen LogP contribution in [-0.4, -0.2) is 4.98 Å². The van der Waals surface area contributed by atoms with Gasteiger partial charge < -0.3 is 5.32 Å². The molecule has 0 bridgehead atoms. The summed E-state index contributed by atoms with van der Waals surface area (Å²) in [6.07, 6.45) is 3.48. The Bertz CT molecular complexity index is 777. The number of nitrogens with zero attached hydrogens (tertiary/aromatic N) is 1. The lowest BCUT2D eigenvalue weighted by Gasteiger charge is -2.11. The molecule has 0 spiro atoms. The molecule has 1 heterocycles. The predicted octanol–water partition coefficient (Wildman–Crippen LogP) is 4.78. The first kappa shape index (κ1) is 13.8. The molecule has 0 aliphatic heterocycles. The van der Waals surface area contributed by atoms with Crippen LogP contribution in [0.15, 0.2) is 48.8 Å². The Hall–Kier alpha value is -2.20. The van der Waals surface area contributed by atoms with E-state index in [9.17, 15) is 8.78 Å². The maximum atomic E-state index is 13.7. The van der Waals surface area contributed by atoms with Gasteiger partial charge in [0.25, 0.3) is 0 Å². The Balaban J connectivity index is 1.91. The summed E-state index contributed by atoms with van der Waals surface area (Å²) in [7, 11) is 0. The van der Waals surface area contributed by atoms with Crippen LogP contribution in [0.2, 0.25) is 5.02 Å². The number of anilines is 1. The molecular weight excluding hydrogens is 294 g/mol. The first-order valence-electron chi connectivity index (χ1n) is 6.35. The van der Waals surface area contributed by atoms with E-state index in [-0.39, 0.29) is 10.7 Å². The van der Waals surface area contributed by atoms with E-state index in [4.69, 9.17) is 11.6 Å². The number of nitrogens with one attached hydrogen (secondary N) is 1. The second-order valence-electron chi connectivity index (χ2n) is 4.62. The van der Waals surface area contributed by atoms with Crippen molar-refractivity contribution in [3.8, 4) is 0 Å². The molecule has 1 N–H and O–H groups in total. The van der Waals surface area contributed by atoms with E-state index in [2.05, 4.69) is 10.3 Å². The highest BCUT2D eigenvalue weighted by molar-refractivity contribution is 6.33. The largest absolute Gasteiger partial charge is 0.377 e. The lowest BCUT2D eigenvalue weighted by molar-refractivity contribution is 0.585. The molecule has 2 aromatic carbocycles. The van der Waals surface area contributed by atoms with Crippen LogP contribution in [0.4, 0.5) is 14.5 Å². The van der Waals surface area contributed by atoms with Crippen molar-refractivity contribution >= 4 is 28.1 Å². The van der Waals surface area contributed by atoms with E-state index >= 15 is 0 Å². The van der Waals surface area contributed by atoms with Crippen LogP contribution in [0.25, 0.3) is 10.8 Å². The monoisotopic (exact) mass is 304 g/mol. The number of pyridine rings is 1. The van der Waals surface area contributed by atoms with Crippen LogP contribution in [0.3, 0.4) is 0 Å². The van der Waals surface area contributed by atoms with Gasteiger partial charge in [-0.1, -0.05) is 35.9 Å². The van der Waals surface area contributed by atoms with Gasteiger partial charge in [-0.2, -0.15) is 0 Å². The average molecular weight is 305 g/mol. The summed E-state index contributed by atoms with van der Waals surface area (Å²) < 4.78 is 26.7. The van der Waals surface area contributed by atoms with Crippen molar-refractivity contribution < 1.29 is 8.78 Å². The number of hydrogen-bond donors (Lipinski definition) is 1. The number of fused-ring (bicyclic) bond motifs is 1. The van der Waals surface area contributed by atoms with Crippen molar-refractivity contribution in [3.63, 3.8) is 0 Å². The first-order valence-corrected chi connectivity index (χ1v) is 6.73. The molecule has 5 heteroatoms. The first-order chi connectivity index (χ1) is 10.1. The smallest absolute Gasteiger partial charge is 0.150 e. The Labute approximate surface area is 125 Å². The van der Waals surface area contributed by atoms with Crippen molar-refractivity contribution in [2.45, 2.75) is 6.54 Å². The number of halogens is 3. The third-order valence-corrected chi connectivity index (χ3v) is 3.51. The minimum atomic E-state index is -0.715. The number of aromatic nitrogens is 1. The summed E-state index contributed by atoms with van der Waals surface area (Å²) in [6.45, 7) is 0.344. The molecule has 2 nitrogen and oxygen atoms in total. The van der Waals surface area contributed by atoms with E-state index in [1.807, 2.05) is 24.3 Å². The van der Waals surface area contributed by atoms with Crippen LogP contribution in [-0.2, 0) is 6.54 Å². The predicted molar refractivity (Wildman–Crippen MR) is 80.4 cm³/mol. The fourth-order valence-electron chi connectivity index (χ4n) is 2.21. The molecule has 3 rings (SSSR count). The highest BCUT2D eigenvalue weighted by Crippen LogP contribution is 2.27. The summed E-state index contributed by atoms with van der Waals surface area (Å²) in [4.78, 5) is 4.16. The minimum absolute atomic E-state index is 0.0145. The molecule has 1 aromatic heterocycles. The molecule has 0 radical (unpaired) electrons. The molecule has 21 heavy (non-hydrogen) atoms. The lowest BCUT2D eigenvalue weighted by atomic mass is 10.1. The topological polar surface area (TPSA) is 24.9 Å². The molecule has 0 atom stereocenters. The highest BCUT2D eigenvalue weighted by atomic mass is 35.5. The molecule has 0 saturated heterocycles. The van der Waals surface area contributed by atoms with Crippen LogP contribution < -0.4 is 5.32 Å². The van der Waals surface area contributed by atoms with Gasteiger partial charge in [0.1, 0.15) is 5.82 Å². The zero-order valence-electron chi connectivity index (χ0n) is 10.9. The molecule has 0 saturated carbocycles. The maximum Gasteiger partial charge on any atom is 0.150 e. The van der Waals surface area contributed by atoms with Crippen molar-refractivity contribution in [1.82, 2.24) is 4.98 Å². The molecule has 0 aliphatic carbocycles. The number of hydrogen-bond acceptors (Lipinski definition) is 2. The summed E-state index contributed by atoms with van der Waals surface area (Å²) in [5, 5.41) is 4.95. The number of benzene rings is 2. The van der Waals surface area contributed by atoms with Crippen molar-refractivity contribution in [2.75, 3.05) is 5.32 Å². The van der Waals surface area contributed by atoms with Crippen LogP contribution >= 0.6 is 11.6 Å². The normalized spacial score (nSPS) is 10.8. The Morgan fingerprint density at radius 2 is 1.90 bits per heavy atom. The van der Waals surface area contributed by atoms with Gasteiger partial charge in [0.2, 0.25) is 0 Å². The van der Waals surface area contributed by atoms with E-state index < -0.39 is 11.6 Å². The molecule has 0 amide bonds. The Morgan fingerprint density at radius 3 is 2.71 bits per heavy atom. The van der Waals surface area contributed by atoms with Crippen LogP contribution in [0.1, 0.15) is 5.56 Å². The van der Waals surface area contributed by atoms with Crippen molar-refractivity contribution in [3.05, 3.63) is 71.0 Å². The van der Waals surface area contributed by atoms with Gasteiger partial charge in [-0.05, 0) is 17.0 Å². The summed E-state index contributed by atoms with van der Waals surface area (Å²) in [6, 6.07) is 9.66. The average Bonchev–Trinajstić information content (AvgIpc) is 2.46. The van der Waals surface area contributed by atoms with Gasteiger partial charge in [0.05, 0.1) is 10.7 Å². The van der Waals surface area contributed by atoms with E-state index in [0.717, 1.165) is 28.5 Å². The summed E-state index contributed by atoms with van der Waals surface area (Å²) in [5.41, 5.74) is 0.999. The van der Waals surface area contributed by atoms with Gasteiger partial charge in [-0.3, -0.25) is 4.98 Å². The zero-order valence-corrected chi connectivity index (χ0v) is 11.7. The standard InChI is InChI=1S/C16H11ClF2N2/c17-14-5-12(18)6-15(19)16(14)21-9-11-8-20-7-10-3-1-2-4-13(10)11/h1-8,21H,9H2. The fourth-order valence-corrected chi connectivity index (χ4v) is 2.48. The van der Waals surface area contributed by atoms with Gasteiger partial charge in [0, 0.05) is 30.4 Å². The lowest BCUT2D eigenvalue weighted by Crippen LogP contribution is -2.03. The SMILES string of the molecule is Fc1cc(F)c(NCc2cncc3ccccc23)c(Cl)c1. The zero-order chi connectivity index (χ0) is 14.8. The van der Waals surface area contributed by atoms with E-state index in [1.54, 1.807) is 12.4 Å². The summed E-state index contributed by atoms with van der Waals surface area (Å²) in [5.74, 6) is -1.41. The molecule has 0 unspecified atom stereocenters. The third kappa shape index (κ3) is 2.81. The van der Waals surface area contributed by atoms with Crippen molar-refractivity contribution in [1.29, 1.82) is 0 Å². The van der Waals surface area contributed by atoms with Crippen molar-refractivity contribution in [2.24, 2.45) is 0 Å². The molecule has 0 fully saturated rings. The molecule has 3 aromatic rings. The fraction of sp³-hybridized carbons (Fsp3) is 0.0625. The van der Waals surface area contributed by atoms with Crippen LogP contribution in [0.5, 0.6) is 0 Å². The van der Waals surface area contributed by atoms with Gasteiger partial charge >= 0.3 is 0 Å². The van der Waals surface area contributed by atoms with E-state index in [0.29, 0.717) is 6.54 Å².